The summed E-state index contributed by atoms with van der Waals surface area (Å²) in [4.78, 5) is 28.4. The third kappa shape index (κ3) is 5.25. The predicted octanol–water partition coefficient (Wildman–Crippen LogP) is 4.24. The molecule has 1 saturated carbocycles. The van der Waals surface area contributed by atoms with E-state index in [4.69, 9.17) is 5.73 Å². The summed E-state index contributed by atoms with van der Waals surface area (Å²) >= 11 is 0. The van der Waals surface area contributed by atoms with Gasteiger partial charge >= 0.3 is 0 Å². The first-order valence-corrected chi connectivity index (χ1v) is 13.5. The number of anilines is 2. The van der Waals surface area contributed by atoms with E-state index in [1.54, 1.807) is 36.7 Å². The van der Waals surface area contributed by atoms with Gasteiger partial charge in [-0.05, 0) is 66.6 Å². The normalized spacial score (nSPS) is 18.2. The summed E-state index contributed by atoms with van der Waals surface area (Å²) in [7, 11) is 0. The Balaban J connectivity index is 1.37. The Labute approximate surface area is 236 Å². The van der Waals surface area contributed by atoms with E-state index in [1.807, 2.05) is 17.0 Å². The van der Waals surface area contributed by atoms with Crippen LogP contribution in [0.2, 0.25) is 0 Å². The fraction of sp³-hybridized carbons (Fsp3) is 0.258. The van der Waals surface area contributed by atoms with Gasteiger partial charge in [0.2, 0.25) is 0 Å². The first-order valence-electron chi connectivity index (χ1n) is 13.5. The van der Waals surface area contributed by atoms with Crippen LogP contribution in [0, 0.1) is 17.1 Å². The van der Waals surface area contributed by atoms with Gasteiger partial charge in [0.05, 0.1) is 41.2 Å². The van der Waals surface area contributed by atoms with Crippen molar-refractivity contribution >= 4 is 17.3 Å². The second-order valence-corrected chi connectivity index (χ2v) is 10.4. The van der Waals surface area contributed by atoms with Crippen LogP contribution < -0.4 is 16.0 Å². The molecule has 206 valence electrons. The topological polar surface area (TPSA) is 141 Å². The van der Waals surface area contributed by atoms with Gasteiger partial charge < -0.3 is 21.1 Å². The van der Waals surface area contributed by atoms with Crippen LogP contribution in [0.5, 0.6) is 0 Å². The molecule has 2 aliphatic rings. The number of pyridine rings is 1. The Hall–Kier alpha value is -4.72. The van der Waals surface area contributed by atoms with Crippen LogP contribution in [0.25, 0.3) is 22.5 Å². The molecule has 2 fully saturated rings. The van der Waals surface area contributed by atoms with Crippen molar-refractivity contribution in [2.45, 2.75) is 37.3 Å². The molecule has 1 saturated heterocycles. The van der Waals surface area contributed by atoms with Crippen molar-refractivity contribution in [1.29, 1.82) is 5.26 Å². The lowest BCUT2D eigenvalue weighted by atomic mass is 10.0. The standard InChI is InChI=1S/C31H28FN7O2/c32-25-3-1-2-23(18-4-5-18)29(25)30-36-11-9-27(37-30)31(41)38-26-7-6-19(24-15-35-10-8-20(24)14-33)12-28(26)39-16-21(34)13-22(39)17-40/h1-3,6-12,15,18,21-22,40H,4-5,13,16-17,34H2,(H,38,41)/t21-,22-/m0/s1. The van der Waals surface area contributed by atoms with Crippen molar-refractivity contribution in [3.63, 3.8) is 0 Å². The molecule has 1 aliphatic heterocycles. The van der Waals surface area contributed by atoms with Crippen LogP contribution in [-0.4, -0.2) is 51.2 Å². The molecule has 1 aliphatic carbocycles. The molecule has 1 amide bonds. The number of hydrogen-bond donors (Lipinski definition) is 3. The average molecular weight is 550 g/mol. The van der Waals surface area contributed by atoms with E-state index < -0.39 is 11.7 Å². The molecule has 10 heteroatoms. The zero-order valence-electron chi connectivity index (χ0n) is 22.2. The second kappa shape index (κ2) is 11.0. The molecule has 4 aromatic rings. The van der Waals surface area contributed by atoms with E-state index in [0.717, 1.165) is 24.0 Å². The zero-order valence-corrected chi connectivity index (χ0v) is 22.2. The minimum atomic E-state index is -0.491. The molecule has 0 unspecified atom stereocenters. The maximum Gasteiger partial charge on any atom is 0.274 e. The van der Waals surface area contributed by atoms with Gasteiger partial charge in [-0.1, -0.05) is 18.2 Å². The lowest BCUT2D eigenvalue weighted by molar-refractivity contribution is 0.102. The quantitative estimate of drug-likeness (QED) is 0.311. The predicted molar refractivity (Wildman–Crippen MR) is 153 cm³/mol. The van der Waals surface area contributed by atoms with Crippen LogP contribution >= 0.6 is 0 Å². The van der Waals surface area contributed by atoms with E-state index in [-0.39, 0.29) is 36.1 Å². The minimum Gasteiger partial charge on any atom is -0.394 e. The van der Waals surface area contributed by atoms with Crippen molar-refractivity contribution in [3.05, 3.63) is 89.8 Å². The molecule has 6 rings (SSSR count). The van der Waals surface area contributed by atoms with E-state index in [2.05, 4.69) is 26.3 Å². The Bertz CT molecular complexity index is 1670. The number of hydrogen-bond acceptors (Lipinski definition) is 8. The number of nitrogens with one attached hydrogen (secondary N) is 1. The summed E-state index contributed by atoms with van der Waals surface area (Å²) < 4.78 is 14.9. The number of carbonyl (C=O) groups is 1. The highest BCUT2D eigenvalue weighted by Crippen LogP contribution is 2.44. The molecule has 0 radical (unpaired) electrons. The molecule has 41 heavy (non-hydrogen) atoms. The van der Waals surface area contributed by atoms with E-state index >= 15 is 0 Å². The molecule has 3 heterocycles. The summed E-state index contributed by atoms with van der Waals surface area (Å²) in [6, 6.07) is 15.3. The highest BCUT2D eigenvalue weighted by molar-refractivity contribution is 6.05. The number of nitriles is 1. The fourth-order valence-corrected chi connectivity index (χ4v) is 5.49. The lowest BCUT2D eigenvalue weighted by Crippen LogP contribution is -2.33. The van der Waals surface area contributed by atoms with Gasteiger partial charge in [0, 0.05) is 36.7 Å². The number of nitrogens with zero attached hydrogens (tertiary/aromatic N) is 5. The smallest absolute Gasteiger partial charge is 0.274 e. The summed E-state index contributed by atoms with van der Waals surface area (Å²) in [5, 5.41) is 22.6. The van der Waals surface area contributed by atoms with Gasteiger partial charge in [-0.15, -0.1) is 0 Å². The highest BCUT2D eigenvalue weighted by Gasteiger charge is 2.32. The van der Waals surface area contributed by atoms with Gasteiger partial charge in [-0.3, -0.25) is 9.78 Å². The van der Waals surface area contributed by atoms with Crippen LogP contribution in [0.4, 0.5) is 15.8 Å². The molecule has 4 N–H and O–H groups in total. The molecule has 2 atom stereocenters. The molecule has 9 nitrogen and oxygen atoms in total. The fourth-order valence-electron chi connectivity index (χ4n) is 5.49. The molecular formula is C31H28FN7O2. The van der Waals surface area contributed by atoms with Crippen LogP contribution in [-0.2, 0) is 0 Å². The van der Waals surface area contributed by atoms with E-state index in [1.165, 1.54) is 18.3 Å². The summed E-state index contributed by atoms with van der Waals surface area (Å²) in [6.07, 6.45) is 7.20. The van der Waals surface area contributed by atoms with Crippen molar-refractivity contribution < 1.29 is 14.3 Å². The molecule has 2 aromatic heterocycles. The molecule has 0 spiro atoms. The number of aromatic nitrogens is 3. The van der Waals surface area contributed by atoms with Crippen molar-refractivity contribution in [2.75, 3.05) is 23.4 Å². The zero-order chi connectivity index (χ0) is 28.5. The molecular weight excluding hydrogens is 521 g/mol. The van der Waals surface area contributed by atoms with Gasteiger partial charge in [0.15, 0.2) is 5.82 Å². The second-order valence-electron chi connectivity index (χ2n) is 10.4. The van der Waals surface area contributed by atoms with Crippen molar-refractivity contribution in [3.8, 4) is 28.6 Å². The number of amides is 1. The Morgan fingerprint density at radius 1 is 1.20 bits per heavy atom. The minimum absolute atomic E-state index is 0.0888. The largest absolute Gasteiger partial charge is 0.394 e. The lowest BCUT2D eigenvalue weighted by Gasteiger charge is -2.28. The van der Waals surface area contributed by atoms with Gasteiger partial charge in [0.1, 0.15) is 11.5 Å². The van der Waals surface area contributed by atoms with Gasteiger partial charge in [0.25, 0.3) is 5.91 Å². The first kappa shape index (κ1) is 26.5. The summed E-state index contributed by atoms with van der Waals surface area (Å²) in [5.41, 5.74) is 10.5. The SMILES string of the molecule is N#Cc1ccncc1-c1ccc(NC(=O)c2ccnc(-c3c(F)cccc3C3CC3)n2)c(N2C[C@@H](N)C[C@H]2CO)c1. The highest BCUT2D eigenvalue weighted by atomic mass is 19.1. The monoisotopic (exact) mass is 549 g/mol. The molecule has 2 aromatic carbocycles. The average Bonchev–Trinajstić information content (AvgIpc) is 3.78. The number of aliphatic hydroxyl groups is 1. The van der Waals surface area contributed by atoms with Gasteiger partial charge in [-0.25, -0.2) is 14.4 Å². The van der Waals surface area contributed by atoms with Crippen molar-refractivity contribution in [2.24, 2.45) is 5.73 Å². The maximum atomic E-state index is 14.9. The Kier molecular flexibility index (Phi) is 7.14. The van der Waals surface area contributed by atoms with E-state index in [9.17, 15) is 19.6 Å². The van der Waals surface area contributed by atoms with Crippen molar-refractivity contribution in [1.82, 2.24) is 15.0 Å². The van der Waals surface area contributed by atoms with E-state index in [0.29, 0.717) is 41.0 Å². The number of aliphatic hydroxyl groups excluding tert-OH is 1. The van der Waals surface area contributed by atoms with Crippen LogP contribution in [0.1, 0.15) is 46.8 Å². The number of benzene rings is 2. The number of nitrogens with two attached hydrogens (primary N) is 1. The third-order valence-electron chi connectivity index (χ3n) is 7.64. The Morgan fingerprint density at radius 2 is 2.05 bits per heavy atom. The number of halogens is 1. The Morgan fingerprint density at radius 3 is 2.83 bits per heavy atom. The first-order chi connectivity index (χ1) is 20.0. The maximum absolute atomic E-state index is 14.9. The van der Waals surface area contributed by atoms with Gasteiger partial charge in [-0.2, -0.15) is 5.26 Å². The number of carbonyl (C=O) groups excluding carboxylic acids is 1. The summed E-state index contributed by atoms with van der Waals surface area (Å²) in [6.45, 7) is 0.369. The summed E-state index contributed by atoms with van der Waals surface area (Å²) in [5.74, 6) is -0.470. The van der Waals surface area contributed by atoms with Crippen LogP contribution in [0.15, 0.2) is 67.1 Å². The van der Waals surface area contributed by atoms with Crippen LogP contribution in [0.3, 0.4) is 0 Å². The third-order valence-corrected chi connectivity index (χ3v) is 7.64. The number of rotatable bonds is 7. The molecule has 0 bridgehead atoms.